The van der Waals surface area contributed by atoms with Crippen molar-refractivity contribution in [3.8, 4) is 0 Å². The molecule has 3 N–H and O–H groups in total. The number of thioether (sulfide) groups is 1. The quantitative estimate of drug-likeness (QED) is 0.651. The number of nitrogens with two attached hydrogens (primary N) is 1. The Morgan fingerprint density at radius 2 is 2.47 bits per heavy atom. The second-order valence-electron chi connectivity index (χ2n) is 4.16. The lowest BCUT2D eigenvalue weighted by Gasteiger charge is -2.32. The minimum atomic E-state index is 0.570. The smallest absolute Gasteiger partial charge is 0.140 e. The molecule has 94 valence electrons. The molecule has 0 bridgehead atoms. The number of halogens is 1. The molecule has 0 radical (unpaired) electrons. The molecule has 2 heterocycles. The first-order chi connectivity index (χ1) is 8.20. The molecular weight excluding hydrogens is 256 g/mol. The van der Waals surface area contributed by atoms with E-state index in [4.69, 9.17) is 17.4 Å². The highest BCUT2D eigenvalue weighted by molar-refractivity contribution is 7.99. The number of hydrogen-bond acceptors (Lipinski definition) is 5. The Morgan fingerprint density at radius 3 is 3.18 bits per heavy atom. The van der Waals surface area contributed by atoms with Gasteiger partial charge in [0.1, 0.15) is 5.82 Å². The molecule has 1 aromatic heterocycles. The summed E-state index contributed by atoms with van der Waals surface area (Å²) in [6.07, 6.45) is 0. The first-order valence-corrected chi connectivity index (χ1v) is 7.18. The van der Waals surface area contributed by atoms with Crippen LogP contribution in [0.25, 0.3) is 0 Å². The first-order valence-electron chi connectivity index (χ1n) is 5.64. The molecule has 0 spiro atoms. The average molecular weight is 273 g/mol. The van der Waals surface area contributed by atoms with E-state index in [-0.39, 0.29) is 0 Å². The van der Waals surface area contributed by atoms with Crippen LogP contribution >= 0.6 is 23.4 Å². The van der Waals surface area contributed by atoms with Gasteiger partial charge in [0.15, 0.2) is 0 Å². The summed E-state index contributed by atoms with van der Waals surface area (Å²) >= 11 is 8.16. The second-order valence-corrected chi connectivity index (χ2v) is 5.72. The molecule has 1 aliphatic rings. The Labute approximate surface area is 111 Å². The van der Waals surface area contributed by atoms with E-state index in [9.17, 15) is 0 Å². The fourth-order valence-corrected chi connectivity index (χ4v) is 3.11. The topological polar surface area (TPSA) is 54.2 Å². The van der Waals surface area contributed by atoms with E-state index >= 15 is 0 Å². The van der Waals surface area contributed by atoms with Crippen molar-refractivity contribution in [1.29, 1.82) is 0 Å². The van der Waals surface area contributed by atoms with Gasteiger partial charge in [0.25, 0.3) is 0 Å². The van der Waals surface area contributed by atoms with Crippen LogP contribution < -0.4 is 11.3 Å². The van der Waals surface area contributed by atoms with Crippen molar-refractivity contribution < 1.29 is 0 Å². The summed E-state index contributed by atoms with van der Waals surface area (Å²) in [6.45, 7) is 4.12. The van der Waals surface area contributed by atoms with E-state index in [2.05, 4.69) is 22.2 Å². The summed E-state index contributed by atoms with van der Waals surface area (Å²) in [5, 5.41) is 0.703. The maximum atomic E-state index is 6.16. The monoisotopic (exact) mass is 272 g/mol. The molecule has 0 aromatic carbocycles. The van der Waals surface area contributed by atoms with E-state index in [1.165, 1.54) is 11.5 Å². The molecule has 1 aliphatic heterocycles. The van der Waals surface area contributed by atoms with Crippen LogP contribution in [0, 0.1) is 0 Å². The Hall–Kier alpha value is -0.490. The van der Waals surface area contributed by atoms with Gasteiger partial charge >= 0.3 is 0 Å². The van der Waals surface area contributed by atoms with Crippen LogP contribution in [0.15, 0.2) is 12.1 Å². The number of hydrazine groups is 1. The predicted octanol–water partition coefficient (Wildman–Crippen LogP) is 1.96. The molecule has 0 saturated carbocycles. The number of hydrogen-bond donors (Lipinski definition) is 2. The van der Waals surface area contributed by atoms with E-state index in [0.29, 0.717) is 16.9 Å². The highest BCUT2D eigenvalue weighted by Gasteiger charge is 2.20. The van der Waals surface area contributed by atoms with Crippen LogP contribution in [0.3, 0.4) is 0 Å². The second kappa shape index (κ2) is 5.91. The van der Waals surface area contributed by atoms with Crippen molar-refractivity contribution in [2.24, 2.45) is 5.84 Å². The number of rotatable bonds is 3. The van der Waals surface area contributed by atoms with Gasteiger partial charge in [0.2, 0.25) is 0 Å². The van der Waals surface area contributed by atoms with Crippen molar-refractivity contribution in [3.05, 3.63) is 22.8 Å². The van der Waals surface area contributed by atoms with Crippen LogP contribution in [0.2, 0.25) is 5.02 Å². The van der Waals surface area contributed by atoms with Crippen LogP contribution in [0.1, 0.15) is 12.6 Å². The van der Waals surface area contributed by atoms with Crippen molar-refractivity contribution in [2.45, 2.75) is 19.5 Å². The molecule has 1 fully saturated rings. The zero-order valence-electron chi connectivity index (χ0n) is 9.82. The fourth-order valence-electron chi connectivity index (χ4n) is 1.86. The third-order valence-electron chi connectivity index (χ3n) is 2.92. The Bertz CT molecular complexity index is 388. The van der Waals surface area contributed by atoms with Crippen molar-refractivity contribution in [1.82, 2.24) is 9.88 Å². The summed E-state index contributed by atoms with van der Waals surface area (Å²) in [5.41, 5.74) is 3.44. The minimum absolute atomic E-state index is 0.570. The van der Waals surface area contributed by atoms with Gasteiger partial charge in [-0.1, -0.05) is 11.6 Å². The molecule has 0 aliphatic carbocycles. The van der Waals surface area contributed by atoms with Crippen LogP contribution in [0.4, 0.5) is 5.82 Å². The normalized spacial score (nSPS) is 21.5. The third-order valence-corrected chi connectivity index (χ3v) is 4.46. The lowest BCUT2D eigenvalue weighted by molar-refractivity contribution is 0.221. The van der Waals surface area contributed by atoms with Gasteiger partial charge in [0.05, 0.1) is 10.7 Å². The third kappa shape index (κ3) is 3.25. The number of aromatic nitrogens is 1. The number of pyridine rings is 1. The predicted molar refractivity (Wildman–Crippen MR) is 74.3 cm³/mol. The molecule has 2 rings (SSSR count). The van der Waals surface area contributed by atoms with E-state index in [1.54, 1.807) is 6.07 Å². The van der Waals surface area contributed by atoms with E-state index in [1.807, 2.05) is 17.8 Å². The summed E-state index contributed by atoms with van der Waals surface area (Å²) in [5.74, 6) is 8.36. The van der Waals surface area contributed by atoms with Gasteiger partial charge in [-0.05, 0) is 19.1 Å². The van der Waals surface area contributed by atoms with Crippen molar-refractivity contribution in [3.63, 3.8) is 0 Å². The zero-order valence-corrected chi connectivity index (χ0v) is 11.4. The maximum absolute atomic E-state index is 6.16. The summed E-state index contributed by atoms with van der Waals surface area (Å²) < 4.78 is 0. The molecule has 1 unspecified atom stereocenters. The van der Waals surface area contributed by atoms with E-state index < -0.39 is 0 Å². The number of nitrogens with zero attached hydrogens (tertiary/aromatic N) is 2. The average Bonchev–Trinajstić information content (AvgIpc) is 2.35. The summed E-state index contributed by atoms with van der Waals surface area (Å²) in [6, 6.07) is 4.19. The summed E-state index contributed by atoms with van der Waals surface area (Å²) in [7, 11) is 0. The molecule has 0 amide bonds. The van der Waals surface area contributed by atoms with Gasteiger partial charge in [-0.2, -0.15) is 11.8 Å². The van der Waals surface area contributed by atoms with Crippen LogP contribution in [-0.2, 0) is 6.54 Å². The van der Waals surface area contributed by atoms with Crippen molar-refractivity contribution in [2.75, 3.05) is 23.5 Å². The van der Waals surface area contributed by atoms with Gasteiger partial charge < -0.3 is 5.43 Å². The fraction of sp³-hybridized carbons (Fsp3) is 0.545. The lowest BCUT2D eigenvalue weighted by atomic mass is 10.2. The molecule has 1 atom stereocenters. The maximum Gasteiger partial charge on any atom is 0.140 e. The minimum Gasteiger partial charge on any atom is -0.308 e. The highest BCUT2D eigenvalue weighted by Crippen LogP contribution is 2.22. The molecule has 1 aromatic rings. The summed E-state index contributed by atoms with van der Waals surface area (Å²) in [4.78, 5) is 6.81. The first kappa shape index (κ1) is 13.0. The molecule has 4 nitrogen and oxygen atoms in total. The number of nitrogen functional groups attached to an aromatic ring is 1. The Morgan fingerprint density at radius 1 is 1.65 bits per heavy atom. The highest BCUT2D eigenvalue weighted by atomic mass is 35.5. The molecule has 6 heteroatoms. The Balaban J connectivity index is 2.11. The molecule has 1 saturated heterocycles. The molecule has 17 heavy (non-hydrogen) atoms. The lowest BCUT2D eigenvalue weighted by Crippen LogP contribution is -2.39. The van der Waals surface area contributed by atoms with E-state index in [0.717, 1.165) is 18.8 Å². The SMILES string of the molecule is CC1CSCCN1Cc1nc(NN)ccc1Cl. The van der Waals surface area contributed by atoms with Crippen LogP contribution in [-0.4, -0.2) is 34.0 Å². The van der Waals surface area contributed by atoms with Crippen molar-refractivity contribution >= 4 is 29.2 Å². The van der Waals surface area contributed by atoms with Gasteiger partial charge in [0, 0.05) is 30.6 Å². The molecular formula is C11H17ClN4S. The number of anilines is 1. The zero-order chi connectivity index (χ0) is 12.3. The van der Waals surface area contributed by atoms with Gasteiger partial charge in [-0.15, -0.1) is 0 Å². The largest absolute Gasteiger partial charge is 0.308 e. The number of nitrogens with one attached hydrogen (secondary N) is 1. The van der Waals surface area contributed by atoms with Gasteiger partial charge in [-0.3, -0.25) is 4.90 Å². The van der Waals surface area contributed by atoms with Gasteiger partial charge in [-0.25, -0.2) is 10.8 Å². The van der Waals surface area contributed by atoms with Crippen LogP contribution in [0.5, 0.6) is 0 Å². The Kier molecular flexibility index (Phi) is 4.50. The standard InChI is InChI=1S/C11H17ClN4S/c1-8-7-17-5-4-16(8)6-10-9(12)2-3-11(14-10)15-13/h2-3,8H,4-7,13H2,1H3,(H,14,15).